The predicted molar refractivity (Wildman–Crippen MR) is 97.5 cm³/mol. The Balaban J connectivity index is 1.60. The highest BCUT2D eigenvalue weighted by molar-refractivity contribution is 9.10. The first-order valence-electron chi connectivity index (χ1n) is 8.20. The van der Waals surface area contributed by atoms with Gasteiger partial charge in [-0.3, -0.25) is 14.4 Å². The lowest BCUT2D eigenvalue weighted by molar-refractivity contribution is -0.149. The Morgan fingerprint density at radius 1 is 1.08 bits per heavy atom. The van der Waals surface area contributed by atoms with E-state index in [4.69, 9.17) is 9.47 Å². The summed E-state index contributed by atoms with van der Waals surface area (Å²) in [5.41, 5.74) is 1.40. The van der Waals surface area contributed by atoms with E-state index in [1.165, 1.54) is 0 Å². The maximum atomic E-state index is 12.4. The van der Waals surface area contributed by atoms with E-state index in [1.54, 1.807) is 24.3 Å². The molecule has 0 spiro atoms. The van der Waals surface area contributed by atoms with Crippen LogP contribution in [0.5, 0.6) is 0 Å². The summed E-state index contributed by atoms with van der Waals surface area (Å²) in [7, 11) is 0. The van der Waals surface area contributed by atoms with Crippen molar-refractivity contribution in [1.82, 2.24) is 0 Å². The zero-order valence-corrected chi connectivity index (χ0v) is 15.5. The van der Waals surface area contributed by atoms with Gasteiger partial charge >= 0.3 is 11.9 Å². The molecule has 6 heteroatoms. The van der Waals surface area contributed by atoms with Crippen molar-refractivity contribution in [2.75, 3.05) is 13.2 Å². The number of halogens is 1. The van der Waals surface area contributed by atoms with Gasteiger partial charge in [0.2, 0.25) is 0 Å². The first-order valence-corrected chi connectivity index (χ1v) is 9.00. The fourth-order valence-corrected chi connectivity index (χ4v) is 3.11. The van der Waals surface area contributed by atoms with Gasteiger partial charge in [0.05, 0.1) is 5.92 Å². The van der Waals surface area contributed by atoms with Crippen LogP contribution in [-0.4, -0.2) is 30.9 Å². The SMILES string of the molecule is O=C(COC(=O)[C@@H]1COC(=O)[C@H]1Cc1ccccc1)c1ccc(Br)cc1. The van der Waals surface area contributed by atoms with Gasteiger partial charge in [-0.1, -0.05) is 58.4 Å². The van der Waals surface area contributed by atoms with Gasteiger partial charge in [0.1, 0.15) is 12.5 Å². The third-order valence-corrected chi connectivity index (χ3v) is 4.84. The summed E-state index contributed by atoms with van der Waals surface area (Å²) in [5, 5.41) is 0. The van der Waals surface area contributed by atoms with Crippen LogP contribution in [0.4, 0.5) is 0 Å². The van der Waals surface area contributed by atoms with Crippen molar-refractivity contribution in [3.8, 4) is 0 Å². The highest BCUT2D eigenvalue weighted by atomic mass is 79.9. The maximum absolute atomic E-state index is 12.4. The standard InChI is InChI=1S/C20H17BrO5/c21-15-8-6-14(7-9-15)18(22)12-26-20(24)17-11-25-19(23)16(17)10-13-4-2-1-3-5-13/h1-9,16-17H,10-12H2/t16-,17+/m0/s1. The Morgan fingerprint density at radius 2 is 1.77 bits per heavy atom. The molecule has 1 fully saturated rings. The lowest BCUT2D eigenvalue weighted by atomic mass is 9.89. The lowest BCUT2D eigenvalue weighted by Gasteiger charge is -2.14. The molecule has 1 aliphatic heterocycles. The number of carbonyl (C=O) groups is 3. The minimum atomic E-state index is -0.694. The fourth-order valence-electron chi connectivity index (χ4n) is 2.85. The smallest absolute Gasteiger partial charge is 0.313 e. The van der Waals surface area contributed by atoms with Gasteiger partial charge < -0.3 is 9.47 Å². The van der Waals surface area contributed by atoms with Crippen molar-refractivity contribution in [1.29, 1.82) is 0 Å². The molecule has 0 amide bonds. The quantitative estimate of drug-likeness (QED) is 0.534. The summed E-state index contributed by atoms with van der Waals surface area (Å²) in [6.45, 7) is -0.370. The monoisotopic (exact) mass is 416 g/mol. The molecule has 1 heterocycles. The van der Waals surface area contributed by atoms with E-state index in [9.17, 15) is 14.4 Å². The number of benzene rings is 2. The number of rotatable bonds is 6. The van der Waals surface area contributed by atoms with Crippen LogP contribution in [0, 0.1) is 11.8 Å². The summed E-state index contributed by atoms with van der Waals surface area (Å²) < 4.78 is 11.1. The number of esters is 2. The molecular weight excluding hydrogens is 400 g/mol. The zero-order chi connectivity index (χ0) is 18.5. The second-order valence-corrected chi connectivity index (χ2v) is 6.99. The first-order chi connectivity index (χ1) is 12.5. The Hall–Kier alpha value is -2.47. The van der Waals surface area contributed by atoms with Crippen LogP contribution in [-0.2, 0) is 25.5 Å². The highest BCUT2D eigenvalue weighted by Gasteiger charge is 2.42. The molecule has 5 nitrogen and oxygen atoms in total. The second-order valence-electron chi connectivity index (χ2n) is 6.07. The second kappa shape index (κ2) is 8.27. The van der Waals surface area contributed by atoms with Gasteiger partial charge in [-0.05, 0) is 24.1 Å². The summed E-state index contributed by atoms with van der Waals surface area (Å²) in [6.07, 6.45) is 0.403. The maximum Gasteiger partial charge on any atom is 0.313 e. The number of Topliss-reactive ketones (excluding diaryl/α,β-unsaturated/α-hetero) is 1. The van der Waals surface area contributed by atoms with Crippen LogP contribution in [0.3, 0.4) is 0 Å². The minimum absolute atomic E-state index is 0.0123. The van der Waals surface area contributed by atoms with Crippen molar-refractivity contribution in [2.24, 2.45) is 11.8 Å². The van der Waals surface area contributed by atoms with E-state index >= 15 is 0 Å². The first kappa shape index (κ1) is 18.3. The van der Waals surface area contributed by atoms with Crippen molar-refractivity contribution in [2.45, 2.75) is 6.42 Å². The third kappa shape index (κ3) is 4.38. The van der Waals surface area contributed by atoms with Crippen LogP contribution in [0.25, 0.3) is 0 Å². The fraction of sp³-hybridized carbons (Fsp3) is 0.250. The van der Waals surface area contributed by atoms with Gasteiger partial charge in [0.25, 0.3) is 0 Å². The third-order valence-electron chi connectivity index (χ3n) is 4.31. The van der Waals surface area contributed by atoms with Crippen molar-refractivity contribution in [3.63, 3.8) is 0 Å². The molecule has 0 aromatic heterocycles. The highest BCUT2D eigenvalue weighted by Crippen LogP contribution is 2.27. The van der Waals surface area contributed by atoms with Gasteiger partial charge in [-0.2, -0.15) is 0 Å². The Morgan fingerprint density at radius 3 is 2.46 bits per heavy atom. The Kier molecular flexibility index (Phi) is 5.83. The van der Waals surface area contributed by atoms with E-state index in [2.05, 4.69) is 15.9 Å². The number of ketones is 1. The van der Waals surface area contributed by atoms with Crippen molar-refractivity contribution < 1.29 is 23.9 Å². The topological polar surface area (TPSA) is 69.7 Å². The van der Waals surface area contributed by atoms with Crippen LogP contribution in [0.2, 0.25) is 0 Å². The number of carbonyl (C=O) groups excluding carboxylic acids is 3. The van der Waals surface area contributed by atoms with E-state index in [-0.39, 0.29) is 19.0 Å². The van der Waals surface area contributed by atoms with Gasteiger partial charge in [-0.15, -0.1) is 0 Å². The van der Waals surface area contributed by atoms with Crippen LogP contribution >= 0.6 is 15.9 Å². The zero-order valence-electron chi connectivity index (χ0n) is 13.9. The average Bonchev–Trinajstić information content (AvgIpc) is 3.01. The molecule has 1 saturated heterocycles. The van der Waals surface area contributed by atoms with Crippen LogP contribution in [0.15, 0.2) is 59.1 Å². The van der Waals surface area contributed by atoms with Crippen molar-refractivity contribution >= 4 is 33.7 Å². The molecule has 0 radical (unpaired) electrons. The van der Waals surface area contributed by atoms with E-state index in [0.29, 0.717) is 12.0 Å². The van der Waals surface area contributed by atoms with E-state index < -0.39 is 23.8 Å². The van der Waals surface area contributed by atoms with Gasteiger partial charge in [0, 0.05) is 10.0 Å². The lowest BCUT2D eigenvalue weighted by Crippen LogP contribution is -2.29. The molecular formula is C20H17BrO5. The van der Waals surface area contributed by atoms with Crippen LogP contribution in [0.1, 0.15) is 15.9 Å². The molecule has 2 aromatic rings. The Labute approximate surface area is 159 Å². The molecule has 2 atom stereocenters. The number of cyclic esters (lactones) is 1. The summed E-state index contributed by atoms with van der Waals surface area (Å²) in [4.78, 5) is 36.5. The van der Waals surface area contributed by atoms with Crippen molar-refractivity contribution in [3.05, 3.63) is 70.2 Å². The molecule has 134 valence electrons. The molecule has 26 heavy (non-hydrogen) atoms. The molecule has 0 N–H and O–H groups in total. The summed E-state index contributed by atoms with van der Waals surface area (Å²) in [6, 6.07) is 16.2. The minimum Gasteiger partial charge on any atom is -0.464 e. The molecule has 1 aliphatic rings. The largest absolute Gasteiger partial charge is 0.464 e. The number of hydrogen-bond acceptors (Lipinski definition) is 5. The summed E-state index contributed by atoms with van der Waals surface area (Å²) >= 11 is 3.30. The molecule has 0 unspecified atom stereocenters. The van der Waals surface area contributed by atoms with Crippen LogP contribution < -0.4 is 0 Å². The molecule has 3 rings (SSSR count). The molecule has 0 bridgehead atoms. The predicted octanol–water partition coefficient (Wildman–Crippen LogP) is 3.21. The normalized spacial score (nSPS) is 19.0. The Bertz CT molecular complexity index is 801. The van der Waals surface area contributed by atoms with E-state index in [1.807, 2.05) is 30.3 Å². The number of hydrogen-bond donors (Lipinski definition) is 0. The molecule has 0 saturated carbocycles. The van der Waals surface area contributed by atoms with E-state index in [0.717, 1.165) is 10.0 Å². The molecule has 0 aliphatic carbocycles. The number of ether oxygens (including phenoxy) is 2. The average molecular weight is 417 g/mol. The molecule has 2 aromatic carbocycles. The van der Waals surface area contributed by atoms with Gasteiger partial charge in [-0.25, -0.2) is 0 Å². The van der Waals surface area contributed by atoms with Gasteiger partial charge in [0.15, 0.2) is 12.4 Å². The summed E-state index contributed by atoms with van der Waals surface area (Å²) in [5.74, 6) is -2.57.